The lowest BCUT2D eigenvalue weighted by atomic mass is 10.1. The fourth-order valence-corrected chi connectivity index (χ4v) is 3.12. The van der Waals surface area contributed by atoms with Crippen LogP contribution in [0.15, 0.2) is 71.8 Å². The summed E-state index contributed by atoms with van der Waals surface area (Å²) in [5.41, 5.74) is -0.281. The number of nitrogens with zero attached hydrogens (tertiary/aromatic N) is 3. The van der Waals surface area contributed by atoms with E-state index in [9.17, 15) is 20.0 Å². The lowest BCUT2D eigenvalue weighted by Gasteiger charge is -2.14. The Bertz CT molecular complexity index is 1270. The second-order valence-corrected chi connectivity index (χ2v) is 6.63. The normalized spacial score (nSPS) is 12.2. The highest BCUT2D eigenvalue weighted by molar-refractivity contribution is 5.83. The Labute approximate surface area is 164 Å². The van der Waals surface area contributed by atoms with E-state index in [1.54, 1.807) is 0 Å². The highest BCUT2D eigenvalue weighted by Crippen LogP contribution is 2.21. The minimum absolute atomic E-state index is 0.0161. The molecule has 8 heteroatoms. The van der Waals surface area contributed by atoms with Gasteiger partial charge in [0.05, 0.1) is 28.7 Å². The van der Waals surface area contributed by atoms with Crippen molar-refractivity contribution in [1.82, 2.24) is 9.55 Å². The van der Waals surface area contributed by atoms with E-state index in [1.165, 1.54) is 29.1 Å². The standard InChI is InChI=1S/C21H17N3O5/c25-17(12-29-18-7-5-14-3-1-2-4-15(14)9-18)11-23-13-22-20-8-6-16(24(27)28)10-19(20)21(23)26/h1-10,13,17,25H,11-12H2. The Hall–Kier alpha value is -3.78. The van der Waals surface area contributed by atoms with Crippen LogP contribution in [0.25, 0.3) is 21.7 Å². The number of hydrogen-bond donors (Lipinski definition) is 1. The van der Waals surface area contributed by atoms with Crippen LogP contribution in [-0.4, -0.2) is 32.3 Å². The zero-order chi connectivity index (χ0) is 20.4. The maximum atomic E-state index is 12.6. The summed E-state index contributed by atoms with van der Waals surface area (Å²) in [5.74, 6) is 0.613. The first-order valence-electron chi connectivity index (χ1n) is 8.94. The van der Waals surface area contributed by atoms with E-state index in [-0.39, 0.29) is 24.2 Å². The number of aromatic nitrogens is 2. The van der Waals surface area contributed by atoms with E-state index in [0.717, 1.165) is 10.8 Å². The summed E-state index contributed by atoms with van der Waals surface area (Å²) in [4.78, 5) is 27.1. The molecule has 0 aliphatic carbocycles. The molecule has 0 saturated carbocycles. The van der Waals surface area contributed by atoms with Crippen molar-refractivity contribution >= 4 is 27.4 Å². The largest absolute Gasteiger partial charge is 0.491 e. The molecule has 0 fully saturated rings. The van der Waals surface area contributed by atoms with E-state index in [1.807, 2.05) is 42.5 Å². The highest BCUT2D eigenvalue weighted by Gasteiger charge is 2.13. The summed E-state index contributed by atoms with van der Waals surface area (Å²) in [6.45, 7) is -0.0597. The molecule has 8 nitrogen and oxygen atoms in total. The molecule has 4 aromatic rings. The van der Waals surface area contributed by atoms with Crippen LogP contribution in [0.3, 0.4) is 0 Å². The summed E-state index contributed by atoms with van der Waals surface area (Å²) in [6, 6.07) is 17.4. The first-order chi connectivity index (χ1) is 14.0. The first-order valence-corrected chi connectivity index (χ1v) is 8.94. The predicted molar refractivity (Wildman–Crippen MR) is 108 cm³/mol. The van der Waals surface area contributed by atoms with Crippen LogP contribution in [0, 0.1) is 10.1 Å². The van der Waals surface area contributed by atoms with Crippen molar-refractivity contribution in [3.8, 4) is 5.75 Å². The van der Waals surface area contributed by atoms with Crippen LogP contribution in [0.2, 0.25) is 0 Å². The van der Waals surface area contributed by atoms with Gasteiger partial charge in [0.1, 0.15) is 18.5 Å². The number of nitro benzene ring substituents is 1. The maximum Gasteiger partial charge on any atom is 0.270 e. The number of non-ortho nitro benzene ring substituents is 1. The minimum atomic E-state index is -0.961. The van der Waals surface area contributed by atoms with Crippen LogP contribution in [0.4, 0.5) is 5.69 Å². The molecule has 0 radical (unpaired) electrons. The van der Waals surface area contributed by atoms with Gasteiger partial charge in [0.15, 0.2) is 0 Å². The summed E-state index contributed by atoms with van der Waals surface area (Å²) in [5, 5.41) is 23.5. The number of aliphatic hydroxyl groups is 1. The van der Waals surface area contributed by atoms with Gasteiger partial charge in [-0.1, -0.05) is 30.3 Å². The van der Waals surface area contributed by atoms with Gasteiger partial charge in [0.2, 0.25) is 0 Å². The molecular formula is C21H17N3O5. The average molecular weight is 391 g/mol. The highest BCUT2D eigenvalue weighted by atomic mass is 16.6. The molecule has 3 aromatic carbocycles. The van der Waals surface area contributed by atoms with Gasteiger partial charge in [-0.2, -0.15) is 0 Å². The van der Waals surface area contributed by atoms with Crippen molar-refractivity contribution < 1.29 is 14.8 Å². The minimum Gasteiger partial charge on any atom is -0.491 e. The average Bonchev–Trinajstić information content (AvgIpc) is 2.74. The topological polar surface area (TPSA) is 107 Å². The van der Waals surface area contributed by atoms with Crippen LogP contribution in [0.5, 0.6) is 5.75 Å². The lowest BCUT2D eigenvalue weighted by Crippen LogP contribution is -2.30. The van der Waals surface area contributed by atoms with E-state index in [2.05, 4.69) is 4.98 Å². The van der Waals surface area contributed by atoms with Crippen LogP contribution in [0.1, 0.15) is 0 Å². The van der Waals surface area contributed by atoms with Crippen molar-refractivity contribution in [1.29, 1.82) is 0 Å². The number of nitro groups is 1. The fraction of sp³-hybridized carbons (Fsp3) is 0.143. The van der Waals surface area contributed by atoms with Crippen LogP contribution >= 0.6 is 0 Å². The molecule has 0 aliphatic rings. The quantitative estimate of drug-likeness (QED) is 0.400. The van der Waals surface area contributed by atoms with E-state index < -0.39 is 16.6 Å². The molecule has 4 rings (SSSR count). The molecular weight excluding hydrogens is 374 g/mol. The zero-order valence-corrected chi connectivity index (χ0v) is 15.3. The maximum absolute atomic E-state index is 12.6. The van der Waals surface area contributed by atoms with Gasteiger partial charge in [0.25, 0.3) is 11.2 Å². The molecule has 1 aromatic heterocycles. The Morgan fingerprint density at radius 2 is 1.90 bits per heavy atom. The van der Waals surface area contributed by atoms with Gasteiger partial charge in [-0.15, -0.1) is 0 Å². The van der Waals surface area contributed by atoms with Gasteiger partial charge >= 0.3 is 0 Å². The molecule has 0 aliphatic heterocycles. The SMILES string of the molecule is O=c1c2cc([N+](=O)[O-])ccc2ncn1CC(O)COc1ccc2ccccc2c1. The Balaban J connectivity index is 1.49. The van der Waals surface area contributed by atoms with E-state index >= 15 is 0 Å². The number of ether oxygens (including phenoxy) is 1. The second kappa shape index (κ2) is 7.69. The molecule has 0 amide bonds. The third-order valence-electron chi connectivity index (χ3n) is 4.59. The molecule has 0 bridgehead atoms. The Morgan fingerprint density at radius 1 is 1.10 bits per heavy atom. The molecule has 1 atom stereocenters. The number of fused-ring (bicyclic) bond motifs is 2. The summed E-state index contributed by atoms with van der Waals surface area (Å²) >= 11 is 0. The monoisotopic (exact) mass is 391 g/mol. The van der Waals surface area contributed by atoms with E-state index in [0.29, 0.717) is 11.3 Å². The lowest BCUT2D eigenvalue weighted by molar-refractivity contribution is -0.384. The van der Waals surface area contributed by atoms with Crippen LogP contribution < -0.4 is 10.3 Å². The summed E-state index contributed by atoms with van der Waals surface area (Å²) in [6.07, 6.45) is 0.354. The Morgan fingerprint density at radius 3 is 2.69 bits per heavy atom. The van der Waals surface area contributed by atoms with E-state index in [4.69, 9.17) is 4.74 Å². The van der Waals surface area contributed by atoms with Crippen molar-refractivity contribution in [2.45, 2.75) is 12.6 Å². The molecule has 0 spiro atoms. The second-order valence-electron chi connectivity index (χ2n) is 6.63. The van der Waals surface area contributed by atoms with Crippen molar-refractivity contribution in [3.63, 3.8) is 0 Å². The first kappa shape index (κ1) is 18.6. The summed E-state index contributed by atoms with van der Waals surface area (Å²) < 4.78 is 6.87. The Kier molecular flexibility index (Phi) is 4.92. The fourth-order valence-electron chi connectivity index (χ4n) is 3.12. The third kappa shape index (κ3) is 3.92. The number of benzene rings is 3. The van der Waals surface area contributed by atoms with Gasteiger partial charge in [-0.05, 0) is 29.0 Å². The molecule has 29 heavy (non-hydrogen) atoms. The third-order valence-corrected chi connectivity index (χ3v) is 4.59. The van der Waals surface area contributed by atoms with Crippen LogP contribution in [-0.2, 0) is 6.54 Å². The van der Waals surface area contributed by atoms with Gasteiger partial charge in [-0.25, -0.2) is 4.98 Å². The number of aliphatic hydroxyl groups excluding tert-OH is 1. The molecule has 0 saturated heterocycles. The van der Waals surface area contributed by atoms with Gasteiger partial charge in [0, 0.05) is 12.1 Å². The van der Waals surface area contributed by atoms with Crippen molar-refractivity contribution in [2.75, 3.05) is 6.61 Å². The zero-order valence-electron chi connectivity index (χ0n) is 15.3. The molecule has 1 unspecified atom stereocenters. The predicted octanol–water partition coefficient (Wildman–Crippen LogP) is 2.90. The van der Waals surface area contributed by atoms with Crippen molar-refractivity contribution in [3.05, 3.63) is 87.5 Å². The smallest absolute Gasteiger partial charge is 0.270 e. The van der Waals surface area contributed by atoms with Gasteiger partial charge < -0.3 is 9.84 Å². The summed E-state index contributed by atoms with van der Waals surface area (Å²) in [7, 11) is 0. The van der Waals surface area contributed by atoms with Gasteiger partial charge in [-0.3, -0.25) is 19.5 Å². The number of rotatable bonds is 6. The number of hydrogen-bond acceptors (Lipinski definition) is 6. The molecule has 1 N–H and O–H groups in total. The molecule has 146 valence electrons. The molecule has 1 heterocycles. The van der Waals surface area contributed by atoms with Crippen molar-refractivity contribution in [2.24, 2.45) is 0 Å².